The van der Waals surface area contributed by atoms with E-state index in [1.165, 1.54) is 0 Å². The Morgan fingerprint density at radius 3 is 2.17 bits per heavy atom. The first-order valence-electron chi connectivity index (χ1n) is 2.63. The fourth-order valence-electron chi connectivity index (χ4n) is 0.592. The van der Waals surface area contributed by atoms with Crippen LogP contribution in [0.25, 0.3) is 0 Å². The topological polar surface area (TPSA) is 107 Å². The van der Waals surface area contributed by atoms with Crippen molar-refractivity contribution in [2.45, 2.75) is 0 Å². The van der Waals surface area contributed by atoms with Crippen LogP contribution in [0.4, 0.5) is 10.2 Å². The van der Waals surface area contributed by atoms with Crippen LogP contribution >= 0.6 is 0 Å². The molecule has 0 aliphatic heterocycles. The molecule has 0 saturated heterocycles. The third kappa shape index (κ3) is 1.29. The fourth-order valence-corrected chi connectivity index (χ4v) is 2.11. The molecule has 0 radical (unpaired) electrons. The molecule has 1 aromatic heterocycles. The molecule has 64 valence electrons. The Morgan fingerprint density at radius 2 is 1.92 bits per heavy atom. The standard InChI is InChI=1S/C4H2N2O5Se/c7-3-2(5(8)9)1-12-4(3)6(10)11/h1,7H. The molecule has 0 saturated carbocycles. The second kappa shape index (κ2) is 2.92. The molecule has 1 heterocycles. The van der Waals surface area contributed by atoms with Crippen LogP contribution in [0.1, 0.15) is 0 Å². The van der Waals surface area contributed by atoms with E-state index < -0.39 is 40.3 Å². The Kier molecular flexibility index (Phi) is 2.11. The van der Waals surface area contributed by atoms with E-state index in [9.17, 15) is 20.2 Å². The zero-order valence-electron chi connectivity index (χ0n) is 5.46. The summed E-state index contributed by atoms with van der Waals surface area (Å²) in [5.74, 6) is -0.815. The van der Waals surface area contributed by atoms with Crippen LogP contribution in [0.5, 0.6) is 5.75 Å². The number of aromatic hydroxyl groups is 1. The van der Waals surface area contributed by atoms with Gasteiger partial charge in [0.25, 0.3) is 0 Å². The van der Waals surface area contributed by atoms with E-state index in [2.05, 4.69) is 0 Å². The van der Waals surface area contributed by atoms with Crippen molar-refractivity contribution in [3.63, 3.8) is 0 Å². The van der Waals surface area contributed by atoms with Crippen molar-refractivity contribution < 1.29 is 15.0 Å². The molecule has 12 heavy (non-hydrogen) atoms. The van der Waals surface area contributed by atoms with Crippen molar-refractivity contribution in [3.05, 3.63) is 25.2 Å². The van der Waals surface area contributed by atoms with Gasteiger partial charge in [0.1, 0.15) is 0 Å². The second-order valence-electron chi connectivity index (χ2n) is 1.79. The Balaban J connectivity index is 3.22. The number of rotatable bonds is 2. The second-order valence-corrected chi connectivity index (χ2v) is 3.59. The van der Waals surface area contributed by atoms with Gasteiger partial charge in [0.05, 0.1) is 0 Å². The summed E-state index contributed by atoms with van der Waals surface area (Å²) >= 11 is -0.740. The Labute approximate surface area is 71.3 Å². The summed E-state index contributed by atoms with van der Waals surface area (Å²) in [6, 6.07) is 0. The third-order valence-corrected chi connectivity index (χ3v) is 2.99. The van der Waals surface area contributed by atoms with E-state index in [0.29, 0.717) is 0 Å². The van der Waals surface area contributed by atoms with Crippen LogP contribution in [-0.2, 0) is 0 Å². The van der Waals surface area contributed by atoms with Gasteiger partial charge in [-0.05, 0) is 0 Å². The molecule has 1 aromatic rings. The van der Waals surface area contributed by atoms with Crippen molar-refractivity contribution >= 4 is 24.8 Å². The molecule has 0 aliphatic carbocycles. The van der Waals surface area contributed by atoms with E-state index in [1.807, 2.05) is 0 Å². The first-order valence-corrected chi connectivity index (χ1v) is 4.48. The number of nitrogens with zero attached hydrogens (tertiary/aromatic N) is 2. The van der Waals surface area contributed by atoms with Crippen molar-refractivity contribution in [2.24, 2.45) is 0 Å². The average Bonchev–Trinajstić information content (AvgIpc) is 2.30. The molecule has 7 nitrogen and oxygen atoms in total. The van der Waals surface area contributed by atoms with Crippen LogP contribution in [0.3, 0.4) is 0 Å². The van der Waals surface area contributed by atoms with Gasteiger partial charge in [0.15, 0.2) is 0 Å². The fraction of sp³-hybridized carbons (Fsp3) is 0. The van der Waals surface area contributed by atoms with Gasteiger partial charge >= 0.3 is 70.6 Å². The van der Waals surface area contributed by atoms with Gasteiger partial charge in [0.2, 0.25) is 0 Å². The van der Waals surface area contributed by atoms with E-state index >= 15 is 0 Å². The maximum absolute atomic E-state index is 10.1. The number of hydrogen-bond acceptors (Lipinski definition) is 5. The van der Waals surface area contributed by atoms with Crippen LogP contribution in [-0.4, -0.2) is 29.5 Å². The molecule has 0 aliphatic rings. The Morgan fingerprint density at radius 1 is 1.33 bits per heavy atom. The minimum atomic E-state index is -0.840. The van der Waals surface area contributed by atoms with Crippen LogP contribution in [0, 0.1) is 20.2 Å². The Bertz CT molecular complexity index is 314. The zero-order valence-corrected chi connectivity index (χ0v) is 7.17. The third-order valence-electron chi connectivity index (χ3n) is 1.09. The van der Waals surface area contributed by atoms with Crippen molar-refractivity contribution in [2.75, 3.05) is 0 Å². The van der Waals surface area contributed by atoms with Gasteiger partial charge in [-0.1, -0.05) is 0 Å². The first-order chi connectivity index (χ1) is 5.54. The van der Waals surface area contributed by atoms with E-state index in [1.54, 1.807) is 0 Å². The molecule has 0 amide bonds. The normalized spacial score (nSPS) is 9.67. The molecule has 0 unspecified atom stereocenters. The Hall–Kier alpha value is -1.40. The predicted octanol–water partition coefficient (Wildman–Crippen LogP) is 0.266. The predicted molar refractivity (Wildman–Crippen MR) is 38.4 cm³/mol. The molecule has 0 atom stereocenters. The SMILES string of the molecule is O=[N+]([O-])c1c[se]c([N+](=O)[O-])c1O. The summed E-state index contributed by atoms with van der Waals surface area (Å²) in [4.78, 5) is 19.7. The molecule has 0 bridgehead atoms. The van der Waals surface area contributed by atoms with E-state index in [0.717, 1.165) is 4.94 Å². The monoisotopic (exact) mass is 238 g/mol. The minimum absolute atomic E-state index is 0.464. The van der Waals surface area contributed by atoms with E-state index in [-0.39, 0.29) is 0 Å². The number of nitro groups is 2. The summed E-state index contributed by atoms with van der Waals surface area (Å²) in [6.45, 7) is 0. The molecular formula is C4H2N2O5Se. The van der Waals surface area contributed by atoms with Gasteiger partial charge in [-0.2, -0.15) is 0 Å². The molecule has 8 heteroatoms. The van der Waals surface area contributed by atoms with Gasteiger partial charge in [-0.15, -0.1) is 0 Å². The van der Waals surface area contributed by atoms with Gasteiger partial charge in [-0.3, -0.25) is 0 Å². The summed E-state index contributed by atoms with van der Waals surface area (Å²) < 4.78 is -0.464. The van der Waals surface area contributed by atoms with E-state index in [4.69, 9.17) is 5.11 Å². The summed E-state index contributed by atoms with van der Waals surface area (Å²) in [5.41, 5.74) is -0.568. The van der Waals surface area contributed by atoms with Crippen LogP contribution < -0.4 is 0 Å². The van der Waals surface area contributed by atoms with Gasteiger partial charge in [0, 0.05) is 0 Å². The summed E-state index contributed by atoms with van der Waals surface area (Å²) in [6.07, 6.45) is 0. The van der Waals surface area contributed by atoms with Gasteiger partial charge in [-0.25, -0.2) is 0 Å². The molecule has 0 spiro atoms. The number of hydrogen-bond donors (Lipinski definition) is 1. The molecule has 0 aromatic carbocycles. The molecule has 1 N–H and O–H groups in total. The van der Waals surface area contributed by atoms with Crippen molar-refractivity contribution in [1.29, 1.82) is 0 Å². The van der Waals surface area contributed by atoms with Crippen LogP contribution in [0.2, 0.25) is 0 Å². The first kappa shape index (κ1) is 8.69. The average molecular weight is 237 g/mol. The maximum atomic E-state index is 10.1. The molecule has 0 fully saturated rings. The van der Waals surface area contributed by atoms with Crippen molar-refractivity contribution in [1.82, 2.24) is 0 Å². The van der Waals surface area contributed by atoms with Gasteiger partial charge < -0.3 is 0 Å². The summed E-state index contributed by atoms with van der Waals surface area (Å²) in [7, 11) is 0. The molecule has 1 rings (SSSR count). The van der Waals surface area contributed by atoms with Crippen molar-refractivity contribution in [3.8, 4) is 5.75 Å². The zero-order chi connectivity index (χ0) is 9.30. The molecular weight excluding hydrogens is 235 g/mol. The summed E-state index contributed by atoms with van der Waals surface area (Å²) in [5, 5.41) is 29.2. The van der Waals surface area contributed by atoms with Crippen LogP contribution in [0.15, 0.2) is 4.94 Å². The quantitative estimate of drug-likeness (QED) is 0.451.